The molecule has 0 aliphatic carbocycles. The van der Waals surface area contributed by atoms with E-state index in [9.17, 15) is 4.79 Å². The average Bonchev–Trinajstić information content (AvgIpc) is 2.73. The standard InChI is InChI=1S/C9H17N5O2/c1-3-4-11-8(15)6(2)12-9-14-13-7(5-10)16-9/h6H,3-5,10H2,1-2H3,(H,11,15)(H,12,14). The maximum absolute atomic E-state index is 11.5. The SMILES string of the molecule is CCCNC(=O)C(C)Nc1nnc(CN)o1. The van der Waals surface area contributed by atoms with Gasteiger partial charge in [-0.3, -0.25) is 4.79 Å². The number of carbonyl (C=O) groups excluding carboxylic acids is 1. The van der Waals surface area contributed by atoms with E-state index in [0.29, 0.717) is 12.4 Å². The van der Waals surface area contributed by atoms with Crippen LogP contribution in [0, 0.1) is 0 Å². The van der Waals surface area contributed by atoms with Gasteiger partial charge in [0, 0.05) is 6.54 Å². The number of hydrogen-bond acceptors (Lipinski definition) is 6. The Kier molecular flexibility index (Phi) is 4.71. The van der Waals surface area contributed by atoms with E-state index in [1.807, 2.05) is 6.92 Å². The molecule has 1 heterocycles. The molecule has 0 aliphatic heterocycles. The predicted octanol–water partition coefficient (Wildman–Crippen LogP) is -0.145. The van der Waals surface area contributed by atoms with Gasteiger partial charge in [0.1, 0.15) is 6.04 Å². The quantitative estimate of drug-likeness (QED) is 0.624. The van der Waals surface area contributed by atoms with Crippen molar-refractivity contribution in [1.82, 2.24) is 15.5 Å². The molecule has 7 nitrogen and oxygen atoms in total. The van der Waals surface area contributed by atoms with E-state index in [2.05, 4.69) is 20.8 Å². The van der Waals surface area contributed by atoms with Gasteiger partial charge < -0.3 is 20.8 Å². The summed E-state index contributed by atoms with van der Waals surface area (Å²) >= 11 is 0. The Morgan fingerprint density at radius 1 is 1.56 bits per heavy atom. The van der Waals surface area contributed by atoms with Crippen LogP contribution in [0.25, 0.3) is 0 Å². The van der Waals surface area contributed by atoms with Gasteiger partial charge in [0.15, 0.2) is 0 Å². The van der Waals surface area contributed by atoms with Crippen molar-refractivity contribution in [2.45, 2.75) is 32.9 Å². The number of amides is 1. The van der Waals surface area contributed by atoms with E-state index in [1.54, 1.807) is 6.92 Å². The monoisotopic (exact) mass is 227 g/mol. The minimum Gasteiger partial charge on any atom is -0.407 e. The summed E-state index contributed by atoms with van der Waals surface area (Å²) < 4.78 is 5.12. The Labute approximate surface area is 93.8 Å². The topological polar surface area (TPSA) is 106 Å². The van der Waals surface area contributed by atoms with Crippen molar-refractivity contribution in [3.8, 4) is 0 Å². The van der Waals surface area contributed by atoms with Crippen LogP contribution >= 0.6 is 0 Å². The first kappa shape index (κ1) is 12.4. The summed E-state index contributed by atoms with van der Waals surface area (Å²) in [6.07, 6.45) is 0.899. The minimum absolute atomic E-state index is 0.102. The number of hydrogen-bond donors (Lipinski definition) is 3. The number of anilines is 1. The van der Waals surface area contributed by atoms with Crippen LogP contribution in [0.4, 0.5) is 6.01 Å². The van der Waals surface area contributed by atoms with Crippen LogP contribution in [0.5, 0.6) is 0 Å². The van der Waals surface area contributed by atoms with Crippen molar-refractivity contribution in [1.29, 1.82) is 0 Å². The van der Waals surface area contributed by atoms with Gasteiger partial charge in [-0.25, -0.2) is 0 Å². The molecule has 1 unspecified atom stereocenters. The van der Waals surface area contributed by atoms with E-state index in [4.69, 9.17) is 10.2 Å². The molecule has 0 saturated heterocycles. The fraction of sp³-hybridized carbons (Fsp3) is 0.667. The summed E-state index contributed by atoms with van der Waals surface area (Å²) in [5.74, 6) is 0.234. The zero-order valence-corrected chi connectivity index (χ0v) is 9.49. The number of aromatic nitrogens is 2. The van der Waals surface area contributed by atoms with Crippen molar-refractivity contribution < 1.29 is 9.21 Å². The molecule has 0 aromatic carbocycles. The van der Waals surface area contributed by atoms with Gasteiger partial charge in [0.2, 0.25) is 11.8 Å². The molecule has 0 bridgehead atoms. The molecule has 0 fully saturated rings. The predicted molar refractivity (Wildman–Crippen MR) is 58.6 cm³/mol. The van der Waals surface area contributed by atoms with E-state index < -0.39 is 6.04 Å². The maximum Gasteiger partial charge on any atom is 0.316 e. The average molecular weight is 227 g/mol. The Balaban J connectivity index is 2.43. The highest BCUT2D eigenvalue weighted by Crippen LogP contribution is 2.06. The molecule has 7 heteroatoms. The van der Waals surface area contributed by atoms with Crippen molar-refractivity contribution in [3.05, 3.63) is 5.89 Å². The summed E-state index contributed by atoms with van der Waals surface area (Å²) in [5, 5.41) is 12.9. The molecule has 0 saturated carbocycles. The lowest BCUT2D eigenvalue weighted by Gasteiger charge is -2.11. The van der Waals surface area contributed by atoms with Crippen molar-refractivity contribution >= 4 is 11.9 Å². The van der Waals surface area contributed by atoms with Crippen molar-refractivity contribution in [3.63, 3.8) is 0 Å². The highest BCUT2D eigenvalue weighted by Gasteiger charge is 2.14. The zero-order valence-electron chi connectivity index (χ0n) is 9.49. The molecule has 4 N–H and O–H groups in total. The number of nitrogens with two attached hydrogens (primary N) is 1. The summed E-state index contributed by atoms with van der Waals surface area (Å²) in [5.41, 5.74) is 5.32. The molecule has 1 aromatic rings. The molecule has 1 amide bonds. The Bertz CT molecular complexity index is 338. The van der Waals surface area contributed by atoms with Crippen LogP contribution in [-0.4, -0.2) is 28.7 Å². The molecule has 1 rings (SSSR count). The van der Waals surface area contributed by atoms with E-state index in [-0.39, 0.29) is 18.5 Å². The second kappa shape index (κ2) is 6.06. The lowest BCUT2D eigenvalue weighted by Crippen LogP contribution is -2.37. The molecular formula is C9H17N5O2. The van der Waals surface area contributed by atoms with Gasteiger partial charge in [-0.2, -0.15) is 0 Å². The summed E-state index contributed by atoms with van der Waals surface area (Å²) in [6.45, 7) is 4.55. The molecular weight excluding hydrogens is 210 g/mol. The van der Waals surface area contributed by atoms with Gasteiger partial charge in [0.05, 0.1) is 6.54 Å². The Morgan fingerprint density at radius 2 is 2.31 bits per heavy atom. The minimum atomic E-state index is -0.419. The molecule has 0 radical (unpaired) electrons. The maximum atomic E-state index is 11.5. The highest BCUT2D eigenvalue weighted by atomic mass is 16.4. The smallest absolute Gasteiger partial charge is 0.316 e. The third kappa shape index (κ3) is 3.50. The molecule has 0 spiro atoms. The fourth-order valence-electron chi connectivity index (χ4n) is 1.05. The van der Waals surface area contributed by atoms with Gasteiger partial charge in [-0.05, 0) is 13.3 Å². The Morgan fingerprint density at radius 3 is 2.88 bits per heavy atom. The van der Waals surface area contributed by atoms with Gasteiger partial charge >= 0.3 is 6.01 Å². The second-order valence-corrected chi connectivity index (χ2v) is 3.36. The fourth-order valence-corrected chi connectivity index (χ4v) is 1.05. The van der Waals surface area contributed by atoms with Crippen LogP contribution in [0.15, 0.2) is 4.42 Å². The normalized spacial score (nSPS) is 12.2. The molecule has 1 aromatic heterocycles. The summed E-state index contributed by atoms with van der Waals surface area (Å²) in [7, 11) is 0. The van der Waals surface area contributed by atoms with Crippen LogP contribution in [-0.2, 0) is 11.3 Å². The lowest BCUT2D eigenvalue weighted by molar-refractivity contribution is -0.121. The molecule has 90 valence electrons. The summed E-state index contributed by atoms with van der Waals surface area (Å²) in [6, 6.07) is -0.211. The number of nitrogens with zero attached hydrogens (tertiary/aromatic N) is 2. The first-order chi connectivity index (χ1) is 7.67. The van der Waals surface area contributed by atoms with E-state index in [0.717, 1.165) is 6.42 Å². The van der Waals surface area contributed by atoms with Crippen LogP contribution in [0.3, 0.4) is 0 Å². The third-order valence-electron chi connectivity index (χ3n) is 1.92. The second-order valence-electron chi connectivity index (χ2n) is 3.36. The first-order valence-electron chi connectivity index (χ1n) is 5.24. The van der Waals surface area contributed by atoms with Crippen LogP contribution in [0.1, 0.15) is 26.2 Å². The molecule has 0 aliphatic rings. The van der Waals surface area contributed by atoms with E-state index >= 15 is 0 Å². The number of nitrogens with one attached hydrogen (secondary N) is 2. The van der Waals surface area contributed by atoms with E-state index in [1.165, 1.54) is 0 Å². The van der Waals surface area contributed by atoms with Crippen LogP contribution < -0.4 is 16.4 Å². The first-order valence-corrected chi connectivity index (χ1v) is 5.24. The third-order valence-corrected chi connectivity index (χ3v) is 1.92. The highest BCUT2D eigenvalue weighted by molar-refractivity contribution is 5.83. The van der Waals surface area contributed by atoms with Crippen molar-refractivity contribution in [2.24, 2.45) is 5.73 Å². The van der Waals surface area contributed by atoms with Gasteiger partial charge in [-0.15, -0.1) is 5.10 Å². The molecule has 16 heavy (non-hydrogen) atoms. The van der Waals surface area contributed by atoms with Crippen LogP contribution in [0.2, 0.25) is 0 Å². The van der Waals surface area contributed by atoms with Crippen molar-refractivity contribution in [2.75, 3.05) is 11.9 Å². The number of carbonyl (C=O) groups is 1. The lowest BCUT2D eigenvalue weighted by atomic mass is 10.3. The Hall–Kier alpha value is -1.63. The number of rotatable bonds is 6. The zero-order chi connectivity index (χ0) is 12.0. The van der Waals surface area contributed by atoms with Gasteiger partial charge in [-0.1, -0.05) is 12.0 Å². The largest absolute Gasteiger partial charge is 0.407 e. The van der Waals surface area contributed by atoms with Gasteiger partial charge in [0.25, 0.3) is 0 Å². The summed E-state index contributed by atoms with van der Waals surface area (Å²) in [4.78, 5) is 11.5. The molecule has 1 atom stereocenters.